The normalized spacial score (nSPS) is 11.1. The first kappa shape index (κ1) is 20.0. The summed E-state index contributed by atoms with van der Waals surface area (Å²) in [5.74, 6) is 0.0749. The number of hydrogen-bond acceptors (Lipinski definition) is 4. The van der Waals surface area contributed by atoms with Gasteiger partial charge in [0, 0.05) is 25.0 Å². The maximum atomic E-state index is 11.8. The van der Waals surface area contributed by atoms with Gasteiger partial charge in [0.05, 0.1) is 17.1 Å². The Bertz CT molecular complexity index is 360. The van der Waals surface area contributed by atoms with Crippen LogP contribution >= 0.6 is 36.2 Å². The Hall–Kier alpha value is -0.360. The van der Waals surface area contributed by atoms with Gasteiger partial charge in [-0.3, -0.25) is 4.79 Å². The standard InChI is InChI=1S/C11H19N3OS.2ClH/c1-4-10-13-9(7-16-10)5-11(15)14(3)8(2)6-12;;/h7-8H,4-6,12H2,1-3H3;2*1H. The number of carbonyl (C=O) groups excluding carboxylic acids is 1. The summed E-state index contributed by atoms with van der Waals surface area (Å²) in [7, 11) is 1.78. The fourth-order valence-corrected chi connectivity index (χ4v) is 2.02. The molecule has 1 atom stereocenters. The van der Waals surface area contributed by atoms with E-state index in [1.165, 1.54) is 0 Å². The third-order valence-corrected chi connectivity index (χ3v) is 3.67. The van der Waals surface area contributed by atoms with E-state index in [0.717, 1.165) is 17.1 Å². The maximum Gasteiger partial charge on any atom is 0.228 e. The molecule has 1 rings (SSSR count). The highest BCUT2D eigenvalue weighted by Crippen LogP contribution is 2.11. The first-order chi connectivity index (χ1) is 7.58. The second kappa shape index (κ2) is 9.55. The van der Waals surface area contributed by atoms with Crippen molar-refractivity contribution in [1.82, 2.24) is 9.88 Å². The number of aromatic nitrogens is 1. The Kier molecular flexibility index (Phi) is 10.6. The summed E-state index contributed by atoms with van der Waals surface area (Å²) >= 11 is 1.61. The first-order valence-corrected chi connectivity index (χ1v) is 6.35. The van der Waals surface area contributed by atoms with Crippen molar-refractivity contribution >= 4 is 42.1 Å². The number of aryl methyl sites for hydroxylation is 1. The smallest absolute Gasteiger partial charge is 0.228 e. The molecule has 1 amide bonds. The van der Waals surface area contributed by atoms with Gasteiger partial charge in [-0.25, -0.2) is 4.98 Å². The van der Waals surface area contributed by atoms with Gasteiger partial charge in [-0.1, -0.05) is 6.92 Å². The first-order valence-electron chi connectivity index (χ1n) is 5.47. The van der Waals surface area contributed by atoms with E-state index in [0.29, 0.717) is 13.0 Å². The minimum atomic E-state index is 0. The number of rotatable bonds is 5. The fraction of sp³-hybridized carbons (Fsp3) is 0.636. The third-order valence-electron chi connectivity index (χ3n) is 2.63. The predicted octanol–water partition coefficient (Wildman–Crippen LogP) is 1.90. The highest BCUT2D eigenvalue weighted by atomic mass is 35.5. The summed E-state index contributed by atoms with van der Waals surface area (Å²) in [5, 5.41) is 3.04. The van der Waals surface area contributed by atoms with Gasteiger partial charge in [0.2, 0.25) is 5.91 Å². The lowest BCUT2D eigenvalue weighted by atomic mass is 10.2. The van der Waals surface area contributed by atoms with Gasteiger partial charge in [0.1, 0.15) is 0 Å². The molecule has 1 aromatic rings. The maximum absolute atomic E-state index is 11.8. The van der Waals surface area contributed by atoms with Gasteiger partial charge in [-0.2, -0.15) is 0 Å². The predicted molar refractivity (Wildman–Crippen MR) is 81.0 cm³/mol. The molecular formula is C11H21Cl2N3OS. The SMILES string of the molecule is CCc1nc(CC(=O)N(C)C(C)CN)cs1.Cl.Cl. The Morgan fingerprint density at radius 2 is 2.17 bits per heavy atom. The van der Waals surface area contributed by atoms with Crippen LogP contribution in [0.1, 0.15) is 24.5 Å². The summed E-state index contributed by atoms with van der Waals surface area (Å²) < 4.78 is 0. The Morgan fingerprint density at radius 3 is 2.61 bits per heavy atom. The molecule has 2 N–H and O–H groups in total. The zero-order chi connectivity index (χ0) is 12.1. The lowest BCUT2D eigenvalue weighted by Crippen LogP contribution is -2.40. The van der Waals surface area contributed by atoms with Crippen molar-refractivity contribution in [2.24, 2.45) is 5.73 Å². The molecule has 0 aliphatic heterocycles. The van der Waals surface area contributed by atoms with Crippen molar-refractivity contribution in [1.29, 1.82) is 0 Å². The molecule has 0 aliphatic carbocycles. The van der Waals surface area contributed by atoms with Crippen molar-refractivity contribution in [3.8, 4) is 0 Å². The van der Waals surface area contributed by atoms with E-state index in [4.69, 9.17) is 5.73 Å². The number of nitrogens with two attached hydrogens (primary N) is 1. The molecule has 0 bridgehead atoms. The van der Waals surface area contributed by atoms with Crippen molar-refractivity contribution in [2.45, 2.75) is 32.7 Å². The minimum Gasteiger partial charge on any atom is -0.341 e. The monoisotopic (exact) mass is 313 g/mol. The fourth-order valence-electron chi connectivity index (χ4n) is 1.28. The molecule has 0 saturated heterocycles. The number of carbonyl (C=O) groups is 1. The van der Waals surface area contributed by atoms with Crippen LogP contribution in [0.15, 0.2) is 5.38 Å². The largest absolute Gasteiger partial charge is 0.341 e. The lowest BCUT2D eigenvalue weighted by molar-refractivity contribution is -0.130. The molecule has 1 aromatic heterocycles. The Labute approximate surface area is 125 Å². The van der Waals surface area contributed by atoms with Gasteiger partial charge in [0.15, 0.2) is 0 Å². The van der Waals surface area contributed by atoms with Crippen LogP contribution in [0.4, 0.5) is 0 Å². The topological polar surface area (TPSA) is 59.2 Å². The summed E-state index contributed by atoms with van der Waals surface area (Å²) in [4.78, 5) is 17.9. The highest BCUT2D eigenvalue weighted by molar-refractivity contribution is 7.09. The summed E-state index contributed by atoms with van der Waals surface area (Å²) in [6.07, 6.45) is 1.30. The van der Waals surface area contributed by atoms with E-state index in [1.807, 2.05) is 12.3 Å². The van der Waals surface area contributed by atoms with E-state index in [-0.39, 0.29) is 36.8 Å². The van der Waals surface area contributed by atoms with Gasteiger partial charge in [-0.15, -0.1) is 36.2 Å². The highest BCUT2D eigenvalue weighted by Gasteiger charge is 2.15. The van der Waals surface area contributed by atoms with Crippen molar-refractivity contribution < 1.29 is 4.79 Å². The van der Waals surface area contributed by atoms with Crippen LogP contribution in [0.25, 0.3) is 0 Å². The quantitative estimate of drug-likeness (QED) is 0.903. The molecule has 1 heterocycles. The molecule has 0 aliphatic rings. The summed E-state index contributed by atoms with van der Waals surface area (Å²) in [6.45, 7) is 4.49. The van der Waals surface area contributed by atoms with Gasteiger partial charge < -0.3 is 10.6 Å². The summed E-state index contributed by atoms with van der Waals surface area (Å²) in [6, 6.07) is 0.0804. The van der Waals surface area contributed by atoms with Crippen LogP contribution in [0.2, 0.25) is 0 Å². The van der Waals surface area contributed by atoms with Gasteiger partial charge in [0.25, 0.3) is 0 Å². The molecule has 0 fully saturated rings. The summed E-state index contributed by atoms with van der Waals surface area (Å²) in [5.41, 5.74) is 6.39. The molecule has 0 saturated carbocycles. The number of likely N-dealkylation sites (N-methyl/N-ethyl adjacent to an activating group) is 1. The third kappa shape index (κ3) is 5.52. The molecule has 18 heavy (non-hydrogen) atoms. The zero-order valence-corrected chi connectivity index (χ0v) is 13.3. The minimum absolute atomic E-state index is 0. The van der Waals surface area contributed by atoms with Gasteiger partial charge >= 0.3 is 0 Å². The second-order valence-electron chi connectivity index (χ2n) is 3.85. The molecule has 0 aromatic carbocycles. The lowest BCUT2D eigenvalue weighted by Gasteiger charge is -2.23. The number of hydrogen-bond donors (Lipinski definition) is 1. The molecule has 106 valence electrons. The van der Waals surface area contributed by atoms with Crippen LogP contribution in [-0.4, -0.2) is 35.4 Å². The molecule has 7 heteroatoms. The van der Waals surface area contributed by atoms with Crippen molar-refractivity contribution in [3.05, 3.63) is 16.1 Å². The van der Waals surface area contributed by atoms with Crippen molar-refractivity contribution in [2.75, 3.05) is 13.6 Å². The van der Waals surface area contributed by atoms with E-state index in [1.54, 1.807) is 23.3 Å². The van der Waals surface area contributed by atoms with Crippen LogP contribution in [-0.2, 0) is 17.6 Å². The Morgan fingerprint density at radius 1 is 1.56 bits per heavy atom. The van der Waals surface area contributed by atoms with Gasteiger partial charge in [-0.05, 0) is 13.3 Å². The molecule has 0 radical (unpaired) electrons. The van der Waals surface area contributed by atoms with Crippen molar-refractivity contribution in [3.63, 3.8) is 0 Å². The van der Waals surface area contributed by atoms with E-state index in [9.17, 15) is 4.79 Å². The molecular weight excluding hydrogens is 293 g/mol. The average molecular weight is 314 g/mol. The zero-order valence-electron chi connectivity index (χ0n) is 10.9. The van der Waals surface area contributed by atoms with E-state index in [2.05, 4.69) is 11.9 Å². The second-order valence-corrected chi connectivity index (χ2v) is 4.79. The molecule has 0 spiro atoms. The van der Waals surface area contributed by atoms with Crippen LogP contribution in [0.3, 0.4) is 0 Å². The number of amides is 1. The number of halogens is 2. The van der Waals surface area contributed by atoms with Crippen LogP contribution in [0.5, 0.6) is 0 Å². The van der Waals surface area contributed by atoms with Crippen LogP contribution in [0, 0.1) is 0 Å². The van der Waals surface area contributed by atoms with E-state index >= 15 is 0 Å². The Balaban J connectivity index is 0. The number of nitrogens with zero attached hydrogens (tertiary/aromatic N) is 2. The molecule has 1 unspecified atom stereocenters. The van der Waals surface area contributed by atoms with Crippen LogP contribution < -0.4 is 5.73 Å². The molecule has 4 nitrogen and oxygen atoms in total. The van der Waals surface area contributed by atoms with E-state index < -0.39 is 0 Å². The average Bonchev–Trinajstić information content (AvgIpc) is 2.74. The number of thiazole rings is 1.